The third-order valence-corrected chi connectivity index (χ3v) is 5.99. The fourth-order valence-corrected chi connectivity index (χ4v) is 4.46. The third kappa shape index (κ3) is 6.73. The zero-order valence-electron chi connectivity index (χ0n) is 12.5. The number of thiophene rings is 1. The molecule has 0 aliphatic heterocycles. The first-order valence-corrected chi connectivity index (χ1v) is 9.98. The van der Waals surface area contributed by atoms with Crippen LogP contribution in [0.5, 0.6) is 0 Å². The first-order valence-electron chi connectivity index (χ1n) is 8.31. The SMILES string of the molecule is Brc1csc(CNC2CCCCCCCCCCC2)c1. The fraction of sp³-hybridized carbons (Fsp3) is 0.765. The van der Waals surface area contributed by atoms with Gasteiger partial charge in [-0.25, -0.2) is 0 Å². The molecule has 0 unspecified atom stereocenters. The molecule has 1 aliphatic carbocycles. The summed E-state index contributed by atoms with van der Waals surface area (Å²) in [6, 6.07) is 2.97. The average molecular weight is 358 g/mol. The molecule has 1 aliphatic rings. The molecule has 3 heteroatoms. The summed E-state index contributed by atoms with van der Waals surface area (Å²) in [6.45, 7) is 1.04. The van der Waals surface area contributed by atoms with Crippen molar-refractivity contribution in [1.82, 2.24) is 5.32 Å². The van der Waals surface area contributed by atoms with Gasteiger partial charge < -0.3 is 5.32 Å². The predicted molar refractivity (Wildman–Crippen MR) is 93.4 cm³/mol. The number of hydrogen-bond donors (Lipinski definition) is 1. The van der Waals surface area contributed by atoms with Gasteiger partial charge in [0.2, 0.25) is 0 Å². The zero-order chi connectivity index (χ0) is 14.0. The van der Waals surface area contributed by atoms with Crippen molar-refractivity contribution in [2.45, 2.75) is 83.2 Å². The lowest BCUT2D eigenvalue weighted by molar-refractivity contribution is 0.404. The third-order valence-electron chi connectivity index (χ3n) is 4.29. The molecular weight excluding hydrogens is 330 g/mol. The van der Waals surface area contributed by atoms with Crippen molar-refractivity contribution in [2.75, 3.05) is 0 Å². The van der Waals surface area contributed by atoms with Gasteiger partial charge in [-0.2, -0.15) is 0 Å². The van der Waals surface area contributed by atoms with Crippen LogP contribution in [0.15, 0.2) is 15.9 Å². The van der Waals surface area contributed by atoms with Gasteiger partial charge in [-0.05, 0) is 34.8 Å². The normalized spacial score (nSPS) is 20.2. The summed E-state index contributed by atoms with van der Waals surface area (Å²) in [5.41, 5.74) is 0. The second-order valence-corrected chi connectivity index (χ2v) is 7.98. The smallest absolute Gasteiger partial charge is 0.0302 e. The largest absolute Gasteiger partial charge is 0.309 e. The molecule has 20 heavy (non-hydrogen) atoms. The molecule has 1 saturated carbocycles. The van der Waals surface area contributed by atoms with E-state index in [2.05, 4.69) is 32.7 Å². The van der Waals surface area contributed by atoms with Crippen LogP contribution in [-0.4, -0.2) is 6.04 Å². The number of nitrogens with one attached hydrogen (secondary N) is 1. The highest BCUT2D eigenvalue weighted by Crippen LogP contribution is 2.21. The van der Waals surface area contributed by atoms with Crippen LogP contribution in [-0.2, 0) is 6.54 Å². The van der Waals surface area contributed by atoms with E-state index in [0.29, 0.717) is 0 Å². The minimum Gasteiger partial charge on any atom is -0.309 e. The van der Waals surface area contributed by atoms with Crippen LogP contribution in [0, 0.1) is 0 Å². The first kappa shape index (κ1) is 16.5. The standard InChI is InChI=1S/C17H28BrNS/c18-15-12-17(20-14-15)13-19-16-10-8-6-4-2-1-3-5-7-9-11-16/h12,14,16,19H,1-11,13H2. The highest BCUT2D eigenvalue weighted by molar-refractivity contribution is 9.10. The minimum absolute atomic E-state index is 0.732. The monoisotopic (exact) mass is 357 g/mol. The molecular formula is C17H28BrNS. The summed E-state index contributed by atoms with van der Waals surface area (Å²) in [5.74, 6) is 0. The molecule has 114 valence electrons. The molecule has 0 radical (unpaired) electrons. The highest BCUT2D eigenvalue weighted by Gasteiger charge is 2.09. The van der Waals surface area contributed by atoms with Gasteiger partial charge in [-0.3, -0.25) is 0 Å². The zero-order valence-corrected chi connectivity index (χ0v) is 14.9. The van der Waals surface area contributed by atoms with Crippen LogP contribution in [0.4, 0.5) is 0 Å². The van der Waals surface area contributed by atoms with Crippen LogP contribution in [0.25, 0.3) is 0 Å². The van der Waals surface area contributed by atoms with Gasteiger partial charge >= 0.3 is 0 Å². The number of halogens is 1. The summed E-state index contributed by atoms with van der Waals surface area (Å²) in [5, 5.41) is 5.97. The Morgan fingerprint density at radius 1 is 0.950 bits per heavy atom. The maximum absolute atomic E-state index is 3.79. The van der Waals surface area contributed by atoms with E-state index in [9.17, 15) is 0 Å². The molecule has 1 aromatic rings. The van der Waals surface area contributed by atoms with Crippen molar-refractivity contribution in [3.63, 3.8) is 0 Å². The van der Waals surface area contributed by atoms with Crippen molar-refractivity contribution < 1.29 is 0 Å². The molecule has 1 aromatic heterocycles. The van der Waals surface area contributed by atoms with E-state index in [-0.39, 0.29) is 0 Å². The van der Waals surface area contributed by atoms with Gasteiger partial charge in [0.1, 0.15) is 0 Å². The van der Waals surface area contributed by atoms with E-state index in [1.54, 1.807) is 0 Å². The number of rotatable bonds is 3. The van der Waals surface area contributed by atoms with Crippen molar-refractivity contribution >= 4 is 27.3 Å². The summed E-state index contributed by atoms with van der Waals surface area (Å²) in [4.78, 5) is 1.45. The van der Waals surface area contributed by atoms with Gasteiger partial charge in [-0.15, -0.1) is 11.3 Å². The van der Waals surface area contributed by atoms with Crippen LogP contribution < -0.4 is 5.32 Å². The summed E-state index contributed by atoms with van der Waals surface area (Å²) in [7, 11) is 0. The number of hydrogen-bond acceptors (Lipinski definition) is 2. The van der Waals surface area contributed by atoms with Gasteiger partial charge in [-0.1, -0.05) is 57.8 Å². The van der Waals surface area contributed by atoms with E-state index in [4.69, 9.17) is 0 Å². The molecule has 0 amide bonds. The maximum atomic E-state index is 3.79. The van der Waals surface area contributed by atoms with Gasteiger partial charge in [0.05, 0.1) is 0 Å². The Labute approximate surface area is 136 Å². The molecule has 1 fully saturated rings. The fourth-order valence-electron chi connectivity index (χ4n) is 3.06. The minimum atomic E-state index is 0.732. The topological polar surface area (TPSA) is 12.0 Å². The van der Waals surface area contributed by atoms with Gasteiger partial charge in [0, 0.05) is 27.3 Å². The van der Waals surface area contributed by atoms with Crippen molar-refractivity contribution in [2.24, 2.45) is 0 Å². The Hall–Kier alpha value is 0.140. The molecule has 0 saturated heterocycles. The van der Waals surface area contributed by atoms with E-state index in [0.717, 1.165) is 12.6 Å². The average Bonchev–Trinajstić information content (AvgIpc) is 2.84. The van der Waals surface area contributed by atoms with E-state index in [1.807, 2.05) is 11.3 Å². The lowest BCUT2D eigenvalue weighted by Crippen LogP contribution is -2.28. The van der Waals surface area contributed by atoms with Crippen molar-refractivity contribution in [3.05, 3.63) is 20.8 Å². The lowest BCUT2D eigenvalue weighted by Gasteiger charge is -2.19. The predicted octanol–water partition coefficient (Wildman–Crippen LogP) is 6.27. The van der Waals surface area contributed by atoms with Gasteiger partial charge in [0.15, 0.2) is 0 Å². The Kier molecular flexibility index (Phi) is 8.23. The first-order chi connectivity index (χ1) is 9.84. The van der Waals surface area contributed by atoms with Crippen LogP contribution in [0.1, 0.15) is 75.5 Å². The van der Waals surface area contributed by atoms with Crippen LogP contribution in [0.3, 0.4) is 0 Å². The quantitative estimate of drug-likeness (QED) is 0.671. The molecule has 0 atom stereocenters. The molecule has 0 aromatic carbocycles. The molecule has 0 spiro atoms. The second-order valence-electron chi connectivity index (χ2n) is 6.07. The highest BCUT2D eigenvalue weighted by atomic mass is 79.9. The van der Waals surface area contributed by atoms with Crippen LogP contribution in [0.2, 0.25) is 0 Å². The van der Waals surface area contributed by atoms with E-state index < -0.39 is 0 Å². The Morgan fingerprint density at radius 3 is 2.00 bits per heavy atom. The van der Waals surface area contributed by atoms with E-state index in [1.165, 1.54) is 80.0 Å². The second kappa shape index (κ2) is 9.97. The van der Waals surface area contributed by atoms with E-state index >= 15 is 0 Å². The van der Waals surface area contributed by atoms with Crippen molar-refractivity contribution in [3.8, 4) is 0 Å². The Morgan fingerprint density at radius 2 is 1.50 bits per heavy atom. The Bertz CT molecular complexity index is 352. The molecule has 2 rings (SSSR count). The lowest BCUT2D eigenvalue weighted by atomic mass is 9.98. The summed E-state index contributed by atoms with van der Waals surface area (Å²) in [6.07, 6.45) is 15.7. The molecule has 1 heterocycles. The molecule has 0 bridgehead atoms. The van der Waals surface area contributed by atoms with Crippen molar-refractivity contribution in [1.29, 1.82) is 0 Å². The summed E-state index contributed by atoms with van der Waals surface area (Å²) >= 11 is 5.39. The van der Waals surface area contributed by atoms with Crippen LogP contribution >= 0.6 is 27.3 Å². The van der Waals surface area contributed by atoms with Gasteiger partial charge in [0.25, 0.3) is 0 Å². The Balaban J connectivity index is 1.73. The maximum Gasteiger partial charge on any atom is 0.0302 e. The summed E-state index contributed by atoms with van der Waals surface area (Å²) < 4.78 is 1.22. The molecule has 1 N–H and O–H groups in total. The molecule has 1 nitrogen and oxygen atoms in total.